The lowest BCUT2D eigenvalue weighted by Gasteiger charge is -2.18. The van der Waals surface area contributed by atoms with Gasteiger partial charge in [0.25, 0.3) is 0 Å². The standard InChI is InChI=1S/C16H24N2O/c1-2-10-19-15-4-3-9-17-16(15)18-11-14(12-5-6-12)13-7-8-13/h3-4,9,12-14H,2,5-8,10-11H2,1H3,(H,17,18). The van der Waals surface area contributed by atoms with Gasteiger partial charge in [0.05, 0.1) is 6.61 Å². The van der Waals surface area contributed by atoms with Crippen LogP contribution in [-0.2, 0) is 0 Å². The quantitative estimate of drug-likeness (QED) is 0.773. The highest BCUT2D eigenvalue weighted by atomic mass is 16.5. The van der Waals surface area contributed by atoms with Gasteiger partial charge in [-0.15, -0.1) is 0 Å². The summed E-state index contributed by atoms with van der Waals surface area (Å²) in [6.07, 6.45) is 8.61. The molecule has 0 spiro atoms. The Hall–Kier alpha value is -1.25. The van der Waals surface area contributed by atoms with Gasteiger partial charge in [-0.05, 0) is 62.0 Å². The van der Waals surface area contributed by atoms with Crippen LogP contribution in [0.3, 0.4) is 0 Å². The molecule has 0 atom stereocenters. The molecule has 2 saturated carbocycles. The molecule has 1 heterocycles. The average molecular weight is 260 g/mol. The molecule has 3 nitrogen and oxygen atoms in total. The fraction of sp³-hybridized carbons (Fsp3) is 0.688. The number of nitrogens with zero attached hydrogens (tertiary/aromatic N) is 1. The summed E-state index contributed by atoms with van der Waals surface area (Å²) in [7, 11) is 0. The molecule has 0 aromatic carbocycles. The zero-order valence-electron chi connectivity index (χ0n) is 11.8. The number of anilines is 1. The van der Waals surface area contributed by atoms with Crippen molar-refractivity contribution in [1.82, 2.24) is 4.98 Å². The van der Waals surface area contributed by atoms with E-state index in [2.05, 4.69) is 17.2 Å². The molecular formula is C16H24N2O. The fourth-order valence-corrected chi connectivity index (χ4v) is 2.83. The molecule has 0 aliphatic heterocycles. The van der Waals surface area contributed by atoms with E-state index in [9.17, 15) is 0 Å². The third kappa shape index (κ3) is 3.40. The van der Waals surface area contributed by atoms with E-state index in [0.29, 0.717) is 0 Å². The first-order chi connectivity index (χ1) is 9.38. The van der Waals surface area contributed by atoms with Gasteiger partial charge >= 0.3 is 0 Å². The zero-order chi connectivity index (χ0) is 13.1. The topological polar surface area (TPSA) is 34.1 Å². The van der Waals surface area contributed by atoms with Gasteiger partial charge in [-0.2, -0.15) is 0 Å². The van der Waals surface area contributed by atoms with Crippen LogP contribution in [-0.4, -0.2) is 18.1 Å². The van der Waals surface area contributed by atoms with Crippen LogP contribution in [0.25, 0.3) is 0 Å². The average Bonchev–Trinajstić information content (AvgIpc) is 3.30. The van der Waals surface area contributed by atoms with E-state index < -0.39 is 0 Å². The lowest BCUT2D eigenvalue weighted by Crippen LogP contribution is -2.19. The van der Waals surface area contributed by atoms with E-state index in [-0.39, 0.29) is 0 Å². The predicted octanol–water partition coefficient (Wildman–Crippen LogP) is 3.72. The van der Waals surface area contributed by atoms with Gasteiger partial charge in [0.15, 0.2) is 11.6 Å². The van der Waals surface area contributed by atoms with Crippen LogP contribution in [0.15, 0.2) is 18.3 Å². The number of hydrogen-bond donors (Lipinski definition) is 1. The first kappa shape index (κ1) is 12.8. The van der Waals surface area contributed by atoms with E-state index in [1.807, 2.05) is 18.3 Å². The van der Waals surface area contributed by atoms with Gasteiger partial charge in [-0.25, -0.2) is 4.98 Å². The lowest BCUT2D eigenvalue weighted by atomic mass is 9.98. The van der Waals surface area contributed by atoms with Crippen LogP contribution in [0.1, 0.15) is 39.0 Å². The Morgan fingerprint density at radius 2 is 2.05 bits per heavy atom. The number of hydrogen-bond acceptors (Lipinski definition) is 3. The second kappa shape index (κ2) is 5.81. The molecule has 1 N–H and O–H groups in total. The molecular weight excluding hydrogens is 236 g/mol. The summed E-state index contributed by atoms with van der Waals surface area (Å²) in [6, 6.07) is 3.95. The minimum absolute atomic E-state index is 0.759. The van der Waals surface area contributed by atoms with Crippen LogP contribution < -0.4 is 10.1 Å². The highest BCUT2D eigenvalue weighted by molar-refractivity contribution is 5.49. The third-order valence-corrected chi connectivity index (χ3v) is 4.19. The van der Waals surface area contributed by atoms with Gasteiger partial charge in [-0.1, -0.05) is 6.92 Å². The molecule has 2 fully saturated rings. The number of rotatable bonds is 8. The highest BCUT2D eigenvalue weighted by Gasteiger charge is 2.41. The van der Waals surface area contributed by atoms with Gasteiger partial charge in [0.2, 0.25) is 0 Å². The molecule has 2 aliphatic carbocycles. The number of aromatic nitrogens is 1. The fourth-order valence-electron chi connectivity index (χ4n) is 2.83. The van der Waals surface area contributed by atoms with Crippen molar-refractivity contribution in [1.29, 1.82) is 0 Å². The van der Waals surface area contributed by atoms with Crippen molar-refractivity contribution in [3.63, 3.8) is 0 Å². The molecule has 0 unspecified atom stereocenters. The molecule has 0 bridgehead atoms. The van der Waals surface area contributed by atoms with Crippen molar-refractivity contribution >= 4 is 5.82 Å². The molecule has 19 heavy (non-hydrogen) atoms. The third-order valence-electron chi connectivity index (χ3n) is 4.19. The van der Waals surface area contributed by atoms with Gasteiger partial charge in [0, 0.05) is 12.7 Å². The molecule has 0 saturated heterocycles. The van der Waals surface area contributed by atoms with E-state index in [0.717, 1.165) is 48.9 Å². The number of nitrogens with one attached hydrogen (secondary N) is 1. The molecule has 2 aliphatic rings. The van der Waals surface area contributed by atoms with Crippen LogP contribution in [0.5, 0.6) is 5.75 Å². The second-order valence-corrected chi connectivity index (χ2v) is 5.92. The Balaban J connectivity index is 1.58. The van der Waals surface area contributed by atoms with E-state index in [1.165, 1.54) is 25.7 Å². The van der Waals surface area contributed by atoms with Crippen LogP contribution in [0.2, 0.25) is 0 Å². The summed E-state index contributed by atoms with van der Waals surface area (Å²) in [5.74, 6) is 4.63. The SMILES string of the molecule is CCCOc1cccnc1NCC(C1CC1)C1CC1. The summed E-state index contributed by atoms with van der Waals surface area (Å²) >= 11 is 0. The zero-order valence-corrected chi connectivity index (χ0v) is 11.8. The largest absolute Gasteiger partial charge is 0.490 e. The number of pyridine rings is 1. The Labute approximate surface area is 115 Å². The van der Waals surface area contributed by atoms with E-state index >= 15 is 0 Å². The molecule has 3 heteroatoms. The van der Waals surface area contributed by atoms with E-state index in [4.69, 9.17) is 4.74 Å². The van der Waals surface area contributed by atoms with Crippen molar-refractivity contribution < 1.29 is 4.74 Å². The van der Waals surface area contributed by atoms with Crippen LogP contribution >= 0.6 is 0 Å². The normalized spacial score (nSPS) is 18.6. The second-order valence-electron chi connectivity index (χ2n) is 5.92. The summed E-state index contributed by atoms with van der Waals surface area (Å²) < 4.78 is 5.75. The predicted molar refractivity (Wildman–Crippen MR) is 77.5 cm³/mol. The molecule has 1 aromatic rings. The van der Waals surface area contributed by atoms with Gasteiger partial charge in [-0.3, -0.25) is 0 Å². The Morgan fingerprint density at radius 3 is 2.68 bits per heavy atom. The minimum Gasteiger partial charge on any atom is -0.490 e. The van der Waals surface area contributed by atoms with Crippen molar-refractivity contribution in [2.24, 2.45) is 17.8 Å². The summed E-state index contributed by atoms with van der Waals surface area (Å²) in [4.78, 5) is 4.43. The molecule has 3 rings (SSSR count). The molecule has 104 valence electrons. The van der Waals surface area contributed by atoms with Gasteiger partial charge in [0.1, 0.15) is 0 Å². The first-order valence-corrected chi connectivity index (χ1v) is 7.70. The summed E-state index contributed by atoms with van der Waals surface area (Å²) in [5.41, 5.74) is 0. The molecule has 0 radical (unpaired) electrons. The Kier molecular flexibility index (Phi) is 3.90. The maximum atomic E-state index is 5.75. The molecule has 1 aromatic heterocycles. The smallest absolute Gasteiger partial charge is 0.168 e. The van der Waals surface area contributed by atoms with Crippen molar-refractivity contribution in [2.45, 2.75) is 39.0 Å². The van der Waals surface area contributed by atoms with Crippen LogP contribution in [0, 0.1) is 17.8 Å². The van der Waals surface area contributed by atoms with Crippen LogP contribution in [0.4, 0.5) is 5.82 Å². The highest BCUT2D eigenvalue weighted by Crippen LogP contribution is 2.49. The van der Waals surface area contributed by atoms with Crippen molar-refractivity contribution in [2.75, 3.05) is 18.5 Å². The first-order valence-electron chi connectivity index (χ1n) is 7.70. The Morgan fingerprint density at radius 1 is 1.32 bits per heavy atom. The maximum absolute atomic E-state index is 5.75. The summed E-state index contributed by atoms with van der Waals surface area (Å²) in [6.45, 7) is 3.95. The monoisotopic (exact) mass is 260 g/mol. The maximum Gasteiger partial charge on any atom is 0.168 e. The van der Waals surface area contributed by atoms with Crippen molar-refractivity contribution in [3.05, 3.63) is 18.3 Å². The number of ether oxygens (including phenoxy) is 1. The summed E-state index contributed by atoms with van der Waals surface area (Å²) in [5, 5.41) is 3.53. The molecule has 0 amide bonds. The lowest BCUT2D eigenvalue weighted by molar-refractivity contribution is 0.317. The minimum atomic E-state index is 0.759. The van der Waals surface area contributed by atoms with E-state index in [1.54, 1.807) is 0 Å². The van der Waals surface area contributed by atoms with Gasteiger partial charge < -0.3 is 10.1 Å². The Bertz CT molecular complexity index is 401. The van der Waals surface area contributed by atoms with Crippen molar-refractivity contribution in [3.8, 4) is 5.75 Å².